The van der Waals surface area contributed by atoms with Crippen molar-refractivity contribution in [2.45, 2.75) is 41.5 Å². The van der Waals surface area contributed by atoms with Gasteiger partial charge in [0.15, 0.2) is 0 Å². The molecular weight excluding hydrogens is 242 g/mol. The van der Waals surface area contributed by atoms with Gasteiger partial charge < -0.3 is 5.73 Å². The van der Waals surface area contributed by atoms with Crippen LogP contribution in [0.5, 0.6) is 0 Å². The second-order valence-electron chi connectivity index (χ2n) is 5.23. The first-order valence-corrected chi connectivity index (χ1v) is 6.88. The minimum atomic E-state index is 0.637. The van der Waals surface area contributed by atoms with Crippen molar-refractivity contribution in [2.24, 2.45) is 5.73 Å². The highest BCUT2D eigenvalue weighted by molar-refractivity contribution is 5.20. The third-order valence-electron chi connectivity index (χ3n) is 2.50. The Morgan fingerprint density at radius 1 is 1.00 bits per heavy atom. The first kappa shape index (κ1) is 20.7. The van der Waals surface area contributed by atoms with Crippen molar-refractivity contribution in [2.75, 3.05) is 6.54 Å². The summed E-state index contributed by atoms with van der Waals surface area (Å²) in [6, 6.07) is 8.48. The molecule has 112 valence electrons. The van der Waals surface area contributed by atoms with Crippen molar-refractivity contribution in [1.29, 1.82) is 0 Å². The van der Waals surface area contributed by atoms with Gasteiger partial charge in [-0.3, -0.25) is 0 Å². The van der Waals surface area contributed by atoms with E-state index in [2.05, 4.69) is 51.3 Å². The van der Waals surface area contributed by atoms with Crippen LogP contribution in [0.1, 0.15) is 38.8 Å². The van der Waals surface area contributed by atoms with Gasteiger partial charge in [0.05, 0.1) is 0 Å². The number of benzene rings is 1. The van der Waals surface area contributed by atoms with E-state index in [4.69, 9.17) is 5.73 Å². The Hall–Kier alpha value is -1.60. The zero-order chi connectivity index (χ0) is 16.1. The fourth-order valence-electron chi connectivity index (χ4n) is 0.972. The molecule has 0 heterocycles. The molecule has 0 fully saturated rings. The molecule has 0 bridgehead atoms. The molecule has 0 amide bonds. The van der Waals surface area contributed by atoms with Crippen molar-refractivity contribution in [1.82, 2.24) is 0 Å². The van der Waals surface area contributed by atoms with E-state index in [1.54, 1.807) is 0 Å². The third kappa shape index (κ3) is 14.5. The minimum Gasteiger partial charge on any atom is -0.327 e. The third-order valence-corrected chi connectivity index (χ3v) is 2.50. The summed E-state index contributed by atoms with van der Waals surface area (Å²) >= 11 is 0. The van der Waals surface area contributed by atoms with Crippen LogP contribution in [0.2, 0.25) is 0 Å². The quantitative estimate of drug-likeness (QED) is 0.570. The Morgan fingerprint density at radius 2 is 1.30 bits per heavy atom. The number of rotatable bonds is 2. The number of hydrogen-bond acceptors (Lipinski definition) is 1. The largest absolute Gasteiger partial charge is 0.327 e. The van der Waals surface area contributed by atoms with E-state index >= 15 is 0 Å². The van der Waals surface area contributed by atoms with Crippen molar-refractivity contribution in [3.63, 3.8) is 0 Å². The Balaban J connectivity index is 0. The van der Waals surface area contributed by atoms with Crippen LogP contribution in [0.15, 0.2) is 60.2 Å². The molecule has 1 rings (SSSR count). The van der Waals surface area contributed by atoms with Gasteiger partial charge in [-0.1, -0.05) is 64.8 Å². The van der Waals surface area contributed by atoms with E-state index < -0.39 is 0 Å². The van der Waals surface area contributed by atoms with Gasteiger partial charge in [0, 0.05) is 6.54 Å². The molecule has 0 aliphatic carbocycles. The Labute approximate surface area is 125 Å². The average Bonchev–Trinajstić information content (AvgIpc) is 2.40. The first-order valence-electron chi connectivity index (χ1n) is 6.88. The maximum Gasteiger partial charge on any atom is 0.0139 e. The molecule has 0 atom stereocenters. The van der Waals surface area contributed by atoms with E-state index in [0.717, 1.165) is 0 Å². The number of nitrogens with two attached hydrogens (primary N) is 1. The van der Waals surface area contributed by atoms with Gasteiger partial charge in [-0.25, -0.2) is 0 Å². The summed E-state index contributed by atoms with van der Waals surface area (Å²) in [5, 5.41) is 0. The minimum absolute atomic E-state index is 0.637. The Bertz CT molecular complexity index is 397. The summed E-state index contributed by atoms with van der Waals surface area (Å²) in [4.78, 5) is 0. The normalized spacial score (nSPS) is 10.2. The van der Waals surface area contributed by atoms with Gasteiger partial charge >= 0.3 is 0 Å². The number of hydrogen-bond donors (Lipinski definition) is 1. The monoisotopic (exact) mass is 273 g/mol. The molecule has 0 radical (unpaired) electrons. The van der Waals surface area contributed by atoms with Crippen LogP contribution in [0.4, 0.5) is 0 Å². The number of aryl methyl sites for hydroxylation is 2. The summed E-state index contributed by atoms with van der Waals surface area (Å²) in [5.41, 5.74) is 11.6. The second-order valence-corrected chi connectivity index (χ2v) is 5.23. The highest BCUT2D eigenvalue weighted by Gasteiger charge is 1.85. The summed E-state index contributed by atoms with van der Waals surface area (Å²) in [6.45, 7) is 20.0. The van der Waals surface area contributed by atoms with Gasteiger partial charge in [-0.15, -0.1) is 6.58 Å². The molecule has 0 aromatic heterocycles. The lowest BCUT2D eigenvalue weighted by Crippen LogP contribution is -2.00. The number of allylic oxidation sites excluding steroid dienone is 3. The van der Waals surface area contributed by atoms with E-state index in [9.17, 15) is 0 Å². The lowest BCUT2D eigenvalue weighted by molar-refractivity contribution is 1.11. The average molecular weight is 273 g/mol. The molecule has 0 unspecified atom stereocenters. The van der Waals surface area contributed by atoms with E-state index in [1.165, 1.54) is 27.8 Å². The summed E-state index contributed by atoms with van der Waals surface area (Å²) in [5.74, 6) is 0. The molecule has 0 aliphatic heterocycles. The van der Waals surface area contributed by atoms with Gasteiger partial charge in [0.25, 0.3) is 0 Å². The fraction of sp³-hybridized carbons (Fsp3) is 0.368. The smallest absolute Gasteiger partial charge is 0.0139 e. The first-order chi connectivity index (χ1) is 9.24. The predicted octanol–water partition coefficient (Wildman–Crippen LogP) is 5.35. The van der Waals surface area contributed by atoms with Crippen LogP contribution in [0.25, 0.3) is 0 Å². The molecule has 0 saturated carbocycles. The molecule has 1 aromatic carbocycles. The highest BCUT2D eigenvalue weighted by atomic mass is 14.5. The summed E-state index contributed by atoms with van der Waals surface area (Å²) < 4.78 is 0. The molecule has 1 nitrogen and oxygen atoms in total. The van der Waals surface area contributed by atoms with Gasteiger partial charge in [-0.2, -0.15) is 0 Å². The highest BCUT2D eigenvalue weighted by Crippen LogP contribution is 2.00. The summed E-state index contributed by atoms with van der Waals surface area (Å²) in [7, 11) is 0. The SMILES string of the molecule is C=C(C)C.C=C/C(C)=C(/C)CN.Cc1ccc(C)cc1. The maximum absolute atomic E-state index is 5.34. The molecule has 1 aromatic rings. The van der Waals surface area contributed by atoms with Crippen LogP contribution < -0.4 is 5.73 Å². The molecule has 0 spiro atoms. The predicted molar refractivity (Wildman–Crippen MR) is 94.0 cm³/mol. The zero-order valence-corrected chi connectivity index (χ0v) is 14.1. The maximum atomic E-state index is 5.34. The topological polar surface area (TPSA) is 26.0 Å². The molecule has 0 saturated heterocycles. The van der Waals surface area contributed by atoms with Crippen LogP contribution in [-0.4, -0.2) is 6.54 Å². The summed E-state index contributed by atoms with van der Waals surface area (Å²) in [6.07, 6.45) is 1.82. The van der Waals surface area contributed by atoms with Gasteiger partial charge in [-0.05, 0) is 41.5 Å². The fourth-order valence-corrected chi connectivity index (χ4v) is 0.972. The van der Waals surface area contributed by atoms with Crippen LogP contribution in [-0.2, 0) is 0 Å². The molecule has 2 N–H and O–H groups in total. The molecular formula is C19H31N. The van der Waals surface area contributed by atoms with Gasteiger partial charge in [0.1, 0.15) is 0 Å². The molecule has 1 heteroatoms. The lowest BCUT2D eigenvalue weighted by atomic mass is 10.1. The van der Waals surface area contributed by atoms with Crippen LogP contribution in [0.3, 0.4) is 0 Å². The van der Waals surface area contributed by atoms with Crippen molar-refractivity contribution >= 4 is 0 Å². The zero-order valence-electron chi connectivity index (χ0n) is 14.1. The molecule has 20 heavy (non-hydrogen) atoms. The van der Waals surface area contributed by atoms with Crippen molar-refractivity contribution in [3.8, 4) is 0 Å². The van der Waals surface area contributed by atoms with E-state index in [-0.39, 0.29) is 0 Å². The van der Waals surface area contributed by atoms with Crippen molar-refractivity contribution in [3.05, 3.63) is 71.3 Å². The Kier molecular flexibility index (Phi) is 12.9. The van der Waals surface area contributed by atoms with Crippen LogP contribution >= 0.6 is 0 Å². The van der Waals surface area contributed by atoms with E-state index in [0.29, 0.717) is 6.54 Å². The lowest BCUT2D eigenvalue weighted by Gasteiger charge is -1.96. The van der Waals surface area contributed by atoms with E-state index in [1.807, 2.05) is 33.8 Å². The molecule has 0 aliphatic rings. The van der Waals surface area contributed by atoms with Crippen LogP contribution in [0, 0.1) is 13.8 Å². The standard InChI is InChI=1S/C8H10.C7H13N.C4H8/c1-7-3-5-8(2)6-4-7;1-4-6(2)7(3)5-8;1-4(2)3/h3-6H,1-2H3;4H,1,5,8H2,2-3H3;1H2,2-3H3/b;7-6-;. The van der Waals surface area contributed by atoms with Crippen molar-refractivity contribution < 1.29 is 0 Å². The Morgan fingerprint density at radius 3 is 1.45 bits per heavy atom. The van der Waals surface area contributed by atoms with Gasteiger partial charge in [0.2, 0.25) is 0 Å². The second kappa shape index (κ2) is 12.4.